The molecule has 1 aromatic rings. The number of nitrogens with one attached hydrogen (secondary N) is 1. The van der Waals surface area contributed by atoms with Crippen LogP contribution in [0.2, 0.25) is 0 Å². The zero-order chi connectivity index (χ0) is 20.8. The fraction of sp³-hybridized carbons (Fsp3) is 0.381. The fourth-order valence-corrected chi connectivity index (χ4v) is 3.93. The first-order valence-electron chi connectivity index (χ1n) is 9.23. The number of nitrogens with zero attached hydrogens (tertiary/aromatic N) is 2. The lowest BCUT2D eigenvalue weighted by molar-refractivity contribution is -0.128. The normalized spacial score (nSPS) is 20.3. The van der Waals surface area contributed by atoms with Gasteiger partial charge in [-0.3, -0.25) is 19.8 Å². The molecule has 0 radical (unpaired) electrons. The molecule has 5 nitrogen and oxygen atoms in total. The molecule has 0 saturated carbocycles. The summed E-state index contributed by atoms with van der Waals surface area (Å²) in [6, 6.07) is 3.20. The van der Waals surface area contributed by atoms with Crippen molar-refractivity contribution in [1.29, 1.82) is 0 Å². The Morgan fingerprint density at radius 3 is 2.61 bits per heavy atom. The Hall–Kier alpha value is -2.54. The Balaban J connectivity index is 2.12. The average Bonchev–Trinajstić information content (AvgIpc) is 2.60. The Morgan fingerprint density at radius 1 is 1.29 bits per heavy atom. The first-order chi connectivity index (χ1) is 13.1. The van der Waals surface area contributed by atoms with Crippen LogP contribution in [0.1, 0.15) is 45.2 Å². The number of anilines is 1. The molecule has 0 aromatic heterocycles. The van der Waals surface area contributed by atoms with Gasteiger partial charge in [0.15, 0.2) is 5.11 Å². The molecule has 1 aromatic carbocycles. The number of carbonyl (C=O) groups is 2. The molecule has 148 valence electrons. The van der Waals surface area contributed by atoms with Crippen LogP contribution in [0.25, 0.3) is 11.6 Å². The number of allylic oxidation sites excluding steroid dienone is 1. The third-order valence-electron chi connectivity index (χ3n) is 5.15. The van der Waals surface area contributed by atoms with Crippen molar-refractivity contribution < 1.29 is 14.0 Å². The summed E-state index contributed by atoms with van der Waals surface area (Å²) >= 11 is 4.94. The highest BCUT2D eigenvalue weighted by molar-refractivity contribution is 7.80. The molecule has 0 atom stereocenters. The van der Waals surface area contributed by atoms with Crippen molar-refractivity contribution in [3.63, 3.8) is 0 Å². The van der Waals surface area contributed by atoms with Crippen molar-refractivity contribution in [2.75, 3.05) is 18.5 Å². The molecule has 2 aliphatic rings. The second-order valence-electron chi connectivity index (χ2n) is 7.70. The molecule has 0 unspecified atom stereocenters. The van der Waals surface area contributed by atoms with E-state index in [0.717, 1.165) is 34.7 Å². The molecule has 0 aliphatic carbocycles. The van der Waals surface area contributed by atoms with E-state index in [1.807, 2.05) is 6.92 Å². The van der Waals surface area contributed by atoms with Gasteiger partial charge >= 0.3 is 0 Å². The van der Waals surface area contributed by atoms with Crippen LogP contribution >= 0.6 is 12.2 Å². The van der Waals surface area contributed by atoms with E-state index in [1.54, 1.807) is 6.07 Å². The van der Waals surface area contributed by atoms with E-state index in [0.29, 0.717) is 0 Å². The largest absolute Gasteiger partial charge is 0.362 e. The molecule has 1 fully saturated rings. The Labute approximate surface area is 169 Å². The molecule has 1 N–H and O–H groups in total. The van der Waals surface area contributed by atoms with E-state index in [1.165, 1.54) is 19.2 Å². The number of halogens is 1. The van der Waals surface area contributed by atoms with Gasteiger partial charge in [-0.25, -0.2) is 4.39 Å². The number of hydrogen-bond acceptors (Lipinski definition) is 4. The monoisotopic (exact) mass is 401 g/mol. The van der Waals surface area contributed by atoms with Crippen LogP contribution in [0.15, 0.2) is 23.8 Å². The second kappa shape index (κ2) is 7.13. The van der Waals surface area contributed by atoms with E-state index < -0.39 is 17.6 Å². The summed E-state index contributed by atoms with van der Waals surface area (Å²) in [4.78, 5) is 27.9. The van der Waals surface area contributed by atoms with E-state index in [4.69, 9.17) is 12.2 Å². The van der Waals surface area contributed by atoms with Crippen molar-refractivity contribution in [3.8, 4) is 0 Å². The summed E-state index contributed by atoms with van der Waals surface area (Å²) in [6.45, 7) is 9.08. The third kappa shape index (κ3) is 3.35. The summed E-state index contributed by atoms with van der Waals surface area (Å²) in [5.41, 5.74) is 2.58. The van der Waals surface area contributed by atoms with Crippen LogP contribution < -0.4 is 10.2 Å². The van der Waals surface area contributed by atoms with Crippen molar-refractivity contribution in [2.24, 2.45) is 0 Å². The fourth-order valence-electron chi connectivity index (χ4n) is 3.76. The van der Waals surface area contributed by atoms with Gasteiger partial charge in [-0.05, 0) is 63.2 Å². The Bertz CT molecular complexity index is 949. The third-order valence-corrected chi connectivity index (χ3v) is 5.52. The zero-order valence-electron chi connectivity index (χ0n) is 16.7. The molecule has 2 aliphatic heterocycles. The quantitative estimate of drug-likeness (QED) is 0.479. The van der Waals surface area contributed by atoms with Gasteiger partial charge in [0.25, 0.3) is 11.8 Å². The topological polar surface area (TPSA) is 52.7 Å². The molecule has 3 rings (SSSR count). The van der Waals surface area contributed by atoms with Gasteiger partial charge in [-0.1, -0.05) is 13.0 Å². The number of fused-ring (bicyclic) bond motifs is 1. The highest BCUT2D eigenvalue weighted by atomic mass is 32.1. The van der Waals surface area contributed by atoms with Crippen molar-refractivity contribution in [2.45, 2.75) is 39.7 Å². The minimum Gasteiger partial charge on any atom is -0.362 e. The summed E-state index contributed by atoms with van der Waals surface area (Å²) in [6.07, 6.45) is 4.39. The van der Waals surface area contributed by atoms with Crippen LogP contribution in [0.4, 0.5) is 10.1 Å². The first-order valence-corrected chi connectivity index (χ1v) is 9.63. The van der Waals surface area contributed by atoms with E-state index in [9.17, 15) is 14.0 Å². The standard InChI is InChI=1S/C21H24FN3O2S/c1-6-7-25-17-10-16(22)13(8-14(17)12(2)11-21(25,3)4)9-15-18(26)23-20(28)24(5)19(15)27/h8-11H,6-7H2,1-5H3,(H,23,26,28)/b15-9-. The van der Waals surface area contributed by atoms with E-state index in [2.05, 4.69) is 37.1 Å². The zero-order valence-corrected chi connectivity index (χ0v) is 17.5. The molecule has 0 bridgehead atoms. The van der Waals surface area contributed by atoms with Crippen molar-refractivity contribution >= 4 is 46.5 Å². The van der Waals surface area contributed by atoms with Gasteiger partial charge in [0.2, 0.25) is 0 Å². The lowest BCUT2D eigenvalue weighted by Crippen LogP contribution is -2.52. The minimum atomic E-state index is -0.619. The lowest BCUT2D eigenvalue weighted by atomic mass is 9.87. The molecular weight excluding hydrogens is 377 g/mol. The molecule has 28 heavy (non-hydrogen) atoms. The van der Waals surface area contributed by atoms with E-state index >= 15 is 0 Å². The number of carbonyl (C=O) groups excluding carboxylic acids is 2. The summed E-state index contributed by atoms with van der Waals surface area (Å²) < 4.78 is 15.0. The number of likely N-dealkylation sites (N-methyl/N-ethyl adjacent to an activating group) is 1. The molecule has 7 heteroatoms. The van der Waals surface area contributed by atoms with Crippen LogP contribution in [0, 0.1) is 5.82 Å². The molecule has 0 spiro atoms. The van der Waals surface area contributed by atoms with Crippen molar-refractivity contribution in [1.82, 2.24) is 10.2 Å². The number of thiocarbonyl (C=S) groups is 1. The van der Waals surface area contributed by atoms with Crippen molar-refractivity contribution in [3.05, 3.63) is 40.7 Å². The average molecular weight is 402 g/mol. The van der Waals surface area contributed by atoms with Crippen LogP contribution in [-0.4, -0.2) is 41.0 Å². The smallest absolute Gasteiger partial charge is 0.265 e. The van der Waals surface area contributed by atoms with Gasteiger partial charge in [-0.2, -0.15) is 0 Å². The molecule has 1 saturated heterocycles. The molecular formula is C21H24FN3O2S. The van der Waals surface area contributed by atoms with Crippen LogP contribution in [-0.2, 0) is 9.59 Å². The highest BCUT2D eigenvalue weighted by Gasteiger charge is 2.33. The van der Waals surface area contributed by atoms with Crippen LogP contribution in [0.5, 0.6) is 0 Å². The maximum absolute atomic E-state index is 15.0. The second-order valence-corrected chi connectivity index (χ2v) is 8.09. The summed E-state index contributed by atoms with van der Waals surface area (Å²) in [5.74, 6) is -1.65. The molecule has 2 heterocycles. The number of rotatable bonds is 3. The first kappa shape index (κ1) is 20.2. The number of benzene rings is 1. The van der Waals surface area contributed by atoms with Crippen LogP contribution in [0.3, 0.4) is 0 Å². The Morgan fingerprint density at radius 2 is 1.96 bits per heavy atom. The Kier molecular flexibility index (Phi) is 5.14. The number of hydrogen-bond donors (Lipinski definition) is 1. The SMILES string of the molecule is CCCN1c2cc(F)c(/C=C3/C(=O)NC(=S)N(C)C3=O)cc2C(C)=CC1(C)C. The number of amides is 2. The maximum atomic E-state index is 15.0. The summed E-state index contributed by atoms with van der Waals surface area (Å²) in [7, 11) is 1.47. The predicted octanol–water partition coefficient (Wildman–Crippen LogP) is 3.49. The maximum Gasteiger partial charge on any atom is 0.265 e. The van der Waals surface area contributed by atoms with E-state index in [-0.39, 0.29) is 21.8 Å². The highest BCUT2D eigenvalue weighted by Crippen LogP contribution is 2.40. The van der Waals surface area contributed by atoms with Gasteiger partial charge < -0.3 is 4.90 Å². The lowest BCUT2D eigenvalue weighted by Gasteiger charge is -2.43. The minimum absolute atomic E-state index is 0.0364. The van der Waals surface area contributed by atoms with Gasteiger partial charge in [-0.15, -0.1) is 0 Å². The predicted molar refractivity (Wildman–Crippen MR) is 113 cm³/mol. The van der Waals surface area contributed by atoms with Gasteiger partial charge in [0, 0.05) is 30.4 Å². The van der Waals surface area contributed by atoms with Gasteiger partial charge in [0.1, 0.15) is 11.4 Å². The summed E-state index contributed by atoms with van der Waals surface area (Å²) in [5, 5.41) is 2.48. The van der Waals surface area contributed by atoms with Gasteiger partial charge in [0.05, 0.1) is 5.54 Å². The molecule has 2 amide bonds.